The first-order valence-electron chi connectivity index (χ1n) is 19.5. The monoisotopic (exact) mass is 719 g/mol. The Balaban J connectivity index is 1.12. The lowest BCUT2D eigenvalue weighted by atomic mass is 9.94. The molecule has 0 amide bonds. The highest BCUT2D eigenvalue weighted by atomic mass is 16.3. The van der Waals surface area contributed by atoms with E-state index < -0.39 is 0 Å². The van der Waals surface area contributed by atoms with Gasteiger partial charge < -0.3 is 8.98 Å². The molecule has 2 aliphatic rings. The summed E-state index contributed by atoms with van der Waals surface area (Å²) in [6.07, 6.45) is 16.9. The lowest BCUT2D eigenvalue weighted by Crippen LogP contribution is -2.03. The highest BCUT2D eigenvalue weighted by Gasteiger charge is 2.23. The molecule has 0 atom stereocenters. The quantitative estimate of drug-likeness (QED) is 0.172. The number of hydrogen-bond donors (Lipinski definition) is 0. The van der Waals surface area contributed by atoms with Crippen molar-refractivity contribution in [2.24, 2.45) is 0 Å². The predicted molar refractivity (Wildman–Crippen MR) is 232 cm³/mol. The second-order valence-electron chi connectivity index (χ2n) is 14.7. The maximum atomic E-state index is 6.50. The summed E-state index contributed by atoms with van der Waals surface area (Å²) in [6.45, 7) is 0. The van der Waals surface area contributed by atoms with Crippen LogP contribution < -0.4 is 0 Å². The van der Waals surface area contributed by atoms with Gasteiger partial charge in [-0.2, -0.15) is 0 Å². The van der Waals surface area contributed by atoms with Gasteiger partial charge in [0.15, 0.2) is 0 Å². The van der Waals surface area contributed by atoms with Crippen molar-refractivity contribution in [2.45, 2.75) is 25.7 Å². The molecule has 9 aromatic rings. The molecular weight excluding hydrogens is 683 g/mol. The van der Waals surface area contributed by atoms with E-state index in [0.717, 1.165) is 81.8 Å². The Labute approximate surface area is 325 Å². The van der Waals surface area contributed by atoms with Crippen LogP contribution in [0.4, 0.5) is 0 Å². The summed E-state index contributed by atoms with van der Waals surface area (Å²) in [4.78, 5) is 9.46. The van der Waals surface area contributed by atoms with Gasteiger partial charge in [0.05, 0.1) is 22.4 Å². The number of allylic oxidation sites excluding steroid dienone is 5. The van der Waals surface area contributed by atoms with E-state index in [1.54, 1.807) is 0 Å². The Morgan fingerprint density at radius 1 is 0.518 bits per heavy atom. The van der Waals surface area contributed by atoms with Crippen molar-refractivity contribution in [3.63, 3.8) is 0 Å². The van der Waals surface area contributed by atoms with Crippen molar-refractivity contribution in [3.8, 4) is 44.8 Å². The Morgan fingerprint density at radius 2 is 1.11 bits per heavy atom. The minimum Gasteiger partial charge on any atom is -0.460 e. The number of aromatic nitrogens is 3. The van der Waals surface area contributed by atoms with E-state index in [0.29, 0.717) is 0 Å². The SMILES string of the molecule is C1=CC(c2ccc3oc4c(c3c2)C=C(n2c3ccc(-c5ccccc5-c5ccccn5)cc3c3cc(-c5ccccc5-c5ccccn5)ccc32)CC4)=CCC1. The largest absolute Gasteiger partial charge is 0.460 e. The number of nitrogens with zero attached hydrogens (tertiary/aromatic N) is 3. The normalized spacial score (nSPS) is 13.9. The van der Waals surface area contributed by atoms with Gasteiger partial charge in [-0.1, -0.05) is 97.1 Å². The third kappa shape index (κ3) is 5.45. The van der Waals surface area contributed by atoms with Crippen LogP contribution in [0.1, 0.15) is 36.1 Å². The highest BCUT2D eigenvalue weighted by Crippen LogP contribution is 2.43. The lowest BCUT2D eigenvalue weighted by Gasteiger charge is -2.17. The van der Waals surface area contributed by atoms with E-state index in [1.165, 1.54) is 49.6 Å². The molecule has 4 nitrogen and oxygen atoms in total. The zero-order valence-electron chi connectivity index (χ0n) is 30.8. The van der Waals surface area contributed by atoms with Crippen molar-refractivity contribution in [3.05, 3.63) is 187 Å². The van der Waals surface area contributed by atoms with Crippen LogP contribution in [0.3, 0.4) is 0 Å². The summed E-state index contributed by atoms with van der Waals surface area (Å²) in [5, 5.41) is 3.61. The highest BCUT2D eigenvalue weighted by molar-refractivity contribution is 6.14. The maximum Gasteiger partial charge on any atom is 0.134 e. The number of rotatable bonds is 6. The number of benzene rings is 5. The van der Waals surface area contributed by atoms with Crippen LogP contribution >= 0.6 is 0 Å². The van der Waals surface area contributed by atoms with Crippen LogP contribution in [0.25, 0.3) is 94.9 Å². The van der Waals surface area contributed by atoms with Gasteiger partial charge in [0.1, 0.15) is 11.3 Å². The molecule has 5 aromatic carbocycles. The summed E-state index contributed by atoms with van der Waals surface area (Å²) in [6, 6.07) is 50.0. The average molecular weight is 720 g/mol. The molecule has 0 spiro atoms. The fourth-order valence-corrected chi connectivity index (χ4v) is 8.80. The van der Waals surface area contributed by atoms with Crippen molar-refractivity contribution >= 4 is 50.1 Å². The van der Waals surface area contributed by atoms with E-state index in [1.807, 2.05) is 24.5 Å². The van der Waals surface area contributed by atoms with Gasteiger partial charge in [0.25, 0.3) is 0 Å². The summed E-state index contributed by atoms with van der Waals surface area (Å²) in [5.41, 5.74) is 17.1. The molecule has 0 aliphatic heterocycles. The molecule has 4 aromatic heterocycles. The smallest absolute Gasteiger partial charge is 0.134 e. The van der Waals surface area contributed by atoms with E-state index in [4.69, 9.17) is 14.4 Å². The molecule has 0 saturated carbocycles. The van der Waals surface area contributed by atoms with Crippen LogP contribution in [-0.4, -0.2) is 14.5 Å². The molecule has 0 bridgehead atoms. The van der Waals surface area contributed by atoms with Gasteiger partial charge in [-0.15, -0.1) is 0 Å². The number of furan rings is 1. The second-order valence-corrected chi connectivity index (χ2v) is 14.7. The molecule has 0 N–H and O–H groups in total. The molecule has 0 fully saturated rings. The third-order valence-electron chi connectivity index (χ3n) is 11.5. The summed E-state index contributed by atoms with van der Waals surface area (Å²) in [7, 11) is 0. The summed E-state index contributed by atoms with van der Waals surface area (Å²) in [5.74, 6) is 1.07. The van der Waals surface area contributed by atoms with Gasteiger partial charge in [-0.25, -0.2) is 0 Å². The Bertz CT molecular complexity index is 2930. The molecule has 2 aliphatic carbocycles. The van der Waals surface area contributed by atoms with Gasteiger partial charge in [-0.3, -0.25) is 9.97 Å². The van der Waals surface area contributed by atoms with E-state index in [9.17, 15) is 0 Å². The molecule has 11 rings (SSSR count). The van der Waals surface area contributed by atoms with Crippen molar-refractivity contribution < 1.29 is 4.42 Å². The first-order chi connectivity index (χ1) is 27.8. The molecule has 56 heavy (non-hydrogen) atoms. The minimum atomic E-state index is 0.847. The first-order valence-corrected chi connectivity index (χ1v) is 19.5. The topological polar surface area (TPSA) is 43.9 Å². The van der Waals surface area contributed by atoms with Gasteiger partial charge in [-0.05, 0) is 119 Å². The van der Waals surface area contributed by atoms with Crippen LogP contribution in [0.5, 0.6) is 0 Å². The third-order valence-corrected chi connectivity index (χ3v) is 11.5. The second kappa shape index (κ2) is 13.4. The van der Waals surface area contributed by atoms with Crippen molar-refractivity contribution in [1.29, 1.82) is 0 Å². The van der Waals surface area contributed by atoms with Crippen LogP contribution in [-0.2, 0) is 6.42 Å². The number of aryl methyl sites for hydroxylation is 1. The van der Waals surface area contributed by atoms with Gasteiger partial charge in [0, 0.05) is 57.4 Å². The summed E-state index contributed by atoms with van der Waals surface area (Å²) < 4.78 is 8.99. The van der Waals surface area contributed by atoms with Gasteiger partial charge in [0.2, 0.25) is 0 Å². The molecule has 0 saturated heterocycles. The Hall–Kier alpha value is -7.04. The average Bonchev–Trinajstić information content (AvgIpc) is 3.81. The maximum absolute atomic E-state index is 6.50. The predicted octanol–water partition coefficient (Wildman–Crippen LogP) is 13.7. The van der Waals surface area contributed by atoms with E-state index in [2.05, 4.69) is 156 Å². The summed E-state index contributed by atoms with van der Waals surface area (Å²) >= 11 is 0. The van der Waals surface area contributed by atoms with Crippen LogP contribution in [0.15, 0.2) is 175 Å². The molecule has 0 radical (unpaired) electrons. The molecule has 4 heteroatoms. The Morgan fingerprint density at radius 3 is 1.70 bits per heavy atom. The molecule has 4 heterocycles. The number of hydrogen-bond acceptors (Lipinski definition) is 3. The molecule has 266 valence electrons. The molecule has 0 unspecified atom stereocenters. The van der Waals surface area contributed by atoms with Crippen LogP contribution in [0, 0.1) is 0 Å². The van der Waals surface area contributed by atoms with Crippen LogP contribution in [0.2, 0.25) is 0 Å². The number of fused-ring (bicyclic) bond motifs is 6. The van der Waals surface area contributed by atoms with E-state index >= 15 is 0 Å². The first kappa shape index (κ1) is 32.4. The van der Waals surface area contributed by atoms with Gasteiger partial charge >= 0.3 is 0 Å². The minimum absolute atomic E-state index is 0.847. The lowest BCUT2D eigenvalue weighted by molar-refractivity contribution is 0.546. The zero-order chi connectivity index (χ0) is 37.0. The fraction of sp³-hybridized carbons (Fsp3) is 0.0769. The standard InChI is InChI=1S/C52H37N3O/c1-2-12-34(13-3-1)35-22-26-51-45(30-35)46-33-38(23-27-52(46)56-51)55-49-24-20-36(39-14-4-6-16-41(39)47-18-8-10-28-53-47)31-43(49)44-32-37(21-25-50(44)55)40-15-5-7-17-42(40)48-19-9-11-29-54-48/h2,4-22,24-26,28-33H,1,3,23,27H2. The Kier molecular flexibility index (Phi) is 7.73. The van der Waals surface area contributed by atoms with Crippen molar-refractivity contribution in [2.75, 3.05) is 0 Å². The molecular formula is C52H37N3O. The van der Waals surface area contributed by atoms with E-state index in [-0.39, 0.29) is 0 Å². The van der Waals surface area contributed by atoms with Crippen molar-refractivity contribution in [1.82, 2.24) is 14.5 Å². The zero-order valence-corrected chi connectivity index (χ0v) is 30.8. The number of pyridine rings is 2. The fourth-order valence-electron chi connectivity index (χ4n) is 8.80.